The van der Waals surface area contributed by atoms with Crippen molar-refractivity contribution >= 4 is 11.6 Å². The number of hydrogen-bond donors (Lipinski definition) is 1. The Balaban J connectivity index is 1.77. The second-order valence-corrected chi connectivity index (χ2v) is 6.30. The molecule has 1 saturated heterocycles. The molecule has 2 nitrogen and oxygen atoms in total. The minimum absolute atomic E-state index is 0.239. The van der Waals surface area contributed by atoms with Gasteiger partial charge in [0.1, 0.15) is 5.82 Å². The Morgan fingerprint density at radius 3 is 2.79 bits per heavy atom. The van der Waals surface area contributed by atoms with Gasteiger partial charge in [-0.2, -0.15) is 0 Å². The number of nitrogens with one attached hydrogen (secondary N) is 1. The van der Waals surface area contributed by atoms with Crippen LogP contribution in [0.2, 0.25) is 5.02 Å². The standard InChI is InChI=1S/C15H20ClFN2/c1-19-5-4-10(9-18-14-2-3-14)15(19)11-6-12(16)8-13(17)7-11/h6-8,10,14-15,18H,2-5,9H2,1H3. The van der Waals surface area contributed by atoms with E-state index >= 15 is 0 Å². The molecular formula is C15H20ClFN2. The first-order chi connectivity index (χ1) is 9.13. The predicted octanol–water partition coefficient (Wildman–Crippen LogP) is 3.22. The van der Waals surface area contributed by atoms with Crippen LogP contribution in [-0.2, 0) is 0 Å². The molecule has 0 aromatic heterocycles. The van der Waals surface area contributed by atoms with E-state index < -0.39 is 0 Å². The first-order valence-electron chi connectivity index (χ1n) is 7.03. The number of nitrogens with zero attached hydrogens (tertiary/aromatic N) is 1. The molecule has 0 bridgehead atoms. The minimum Gasteiger partial charge on any atom is -0.314 e. The second-order valence-electron chi connectivity index (χ2n) is 5.86. The van der Waals surface area contributed by atoms with Crippen molar-refractivity contribution in [2.24, 2.45) is 5.92 Å². The van der Waals surface area contributed by atoms with Gasteiger partial charge in [0.2, 0.25) is 0 Å². The molecule has 1 saturated carbocycles. The van der Waals surface area contributed by atoms with E-state index in [2.05, 4.69) is 17.3 Å². The summed E-state index contributed by atoms with van der Waals surface area (Å²) in [7, 11) is 2.11. The molecular weight excluding hydrogens is 263 g/mol. The first-order valence-corrected chi connectivity index (χ1v) is 7.41. The summed E-state index contributed by atoms with van der Waals surface area (Å²) >= 11 is 5.99. The summed E-state index contributed by atoms with van der Waals surface area (Å²) in [4.78, 5) is 2.31. The number of likely N-dealkylation sites (tertiary alicyclic amines) is 1. The molecule has 1 N–H and O–H groups in total. The number of halogens is 2. The lowest BCUT2D eigenvalue weighted by molar-refractivity contribution is 0.271. The van der Waals surface area contributed by atoms with Crippen LogP contribution in [0.1, 0.15) is 30.9 Å². The van der Waals surface area contributed by atoms with Crippen LogP contribution < -0.4 is 5.32 Å². The third-order valence-electron chi connectivity index (χ3n) is 4.25. The highest BCUT2D eigenvalue weighted by atomic mass is 35.5. The van der Waals surface area contributed by atoms with Crippen molar-refractivity contribution in [3.63, 3.8) is 0 Å². The Morgan fingerprint density at radius 1 is 1.32 bits per heavy atom. The van der Waals surface area contributed by atoms with E-state index in [-0.39, 0.29) is 11.9 Å². The smallest absolute Gasteiger partial charge is 0.125 e. The fourth-order valence-electron chi connectivity index (χ4n) is 3.12. The average molecular weight is 283 g/mol. The average Bonchev–Trinajstić information content (AvgIpc) is 3.09. The molecule has 4 heteroatoms. The molecule has 1 aromatic rings. The minimum atomic E-state index is -0.239. The molecule has 1 aliphatic carbocycles. The molecule has 0 radical (unpaired) electrons. The topological polar surface area (TPSA) is 15.3 Å². The van der Waals surface area contributed by atoms with Gasteiger partial charge in [0.25, 0.3) is 0 Å². The molecule has 2 unspecified atom stereocenters. The van der Waals surface area contributed by atoms with E-state index in [0.717, 1.165) is 31.1 Å². The number of benzene rings is 1. The fourth-order valence-corrected chi connectivity index (χ4v) is 3.35. The van der Waals surface area contributed by atoms with Crippen molar-refractivity contribution in [2.75, 3.05) is 20.1 Å². The van der Waals surface area contributed by atoms with E-state index in [9.17, 15) is 4.39 Å². The zero-order chi connectivity index (χ0) is 13.4. The largest absolute Gasteiger partial charge is 0.314 e. The molecule has 1 aromatic carbocycles. The molecule has 2 atom stereocenters. The lowest BCUT2D eigenvalue weighted by Gasteiger charge is -2.26. The summed E-state index contributed by atoms with van der Waals surface area (Å²) < 4.78 is 13.5. The quantitative estimate of drug-likeness (QED) is 0.912. The SMILES string of the molecule is CN1CCC(CNC2CC2)C1c1cc(F)cc(Cl)c1. The Morgan fingerprint density at radius 2 is 2.11 bits per heavy atom. The molecule has 104 valence electrons. The van der Waals surface area contributed by atoms with Crippen molar-refractivity contribution < 1.29 is 4.39 Å². The fraction of sp³-hybridized carbons (Fsp3) is 0.600. The maximum absolute atomic E-state index is 13.5. The van der Waals surface area contributed by atoms with Crippen molar-refractivity contribution in [3.8, 4) is 0 Å². The first kappa shape index (κ1) is 13.3. The highest BCUT2D eigenvalue weighted by molar-refractivity contribution is 6.30. The van der Waals surface area contributed by atoms with E-state index in [4.69, 9.17) is 11.6 Å². The molecule has 2 aliphatic rings. The molecule has 19 heavy (non-hydrogen) atoms. The van der Waals surface area contributed by atoms with Crippen molar-refractivity contribution in [3.05, 3.63) is 34.6 Å². The molecule has 2 fully saturated rings. The van der Waals surface area contributed by atoms with Crippen molar-refractivity contribution in [1.29, 1.82) is 0 Å². The van der Waals surface area contributed by atoms with E-state index in [1.165, 1.54) is 18.9 Å². The summed E-state index contributed by atoms with van der Waals surface area (Å²) in [5.41, 5.74) is 1.01. The van der Waals surface area contributed by atoms with Gasteiger partial charge in [-0.25, -0.2) is 4.39 Å². The zero-order valence-electron chi connectivity index (χ0n) is 11.2. The van der Waals surface area contributed by atoms with Crippen LogP contribution in [0.4, 0.5) is 4.39 Å². The summed E-state index contributed by atoms with van der Waals surface area (Å²) in [6.07, 6.45) is 3.77. The van der Waals surface area contributed by atoms with Crippen LogP contribution in [0.5, 0.6) is 0 Å². The van der Waals surface area contributed by atoms with Gasteiger partial charge in [-0.1, -0.05) is 11.6 Å². The Labute approximate surface area is 118 Å². The van der Waals surface area contributed by atoms with Gasteiger partial charge in [0.15, 0.2) is 0 Å². The number of hydrogen-bond acceptors (Lipinski definition) is 2. The summed E-state index contributed by atoms with van der Waals surface area (Å²) in [6, 6.07) is 5.91. The van der Waals surface area contributed by atoms with Gasteiger partial charge in [-0.15, -0.1) is 0 Å². The van der Waals surface area contributed by atoms with Gasteiger partial charge in [-0.05, 0) is 62.5 Å². The Kier molecular flexibility index (Phi) is 3.79. The van der Waals surface area contributed by atoms with Crippen molar-refractivity contribution in [2.45, 2.75) is 31.3 Å². The molecule has 3 rings (SSSR count). The van der Waals surface area contributed by atoms with Crippen LogP contribution in [0.3, 0.4) is 0 Å². The van der Waals surface area contributed by atoms with E-state index in [1.54, 1.807) is 6.07 Å². The molecule has 0 amide bonds. The van der Waals surface area contributed by atoms with Gasteiger partial charge >= 0.3 is 0 Å². The van der Waals surface area contributed by atoms with Crippen LogP contribution >= 0.6 is 11.6 Å². The van der Waals surface area contributed by atoms with E-state index in [0.29, 0.717) is 10.9 Å². The van der Waals surface area contributed by atoms with Crippen LogP contribution in [-0.4, -0.2) is 31.1 Å². The third-order valence-corrected chi connectivity index (χ3v) is 4.46. The number of rotatable bonds is 4. The van der Waals surface area contributed by atoms with E-state index in [1.807, 2.05) is 6.07 Å². The van der Waals surface area contributed by atoms with Gasteiger partial charge < -0.3 is 5.32 Å². The van der Waals surface area contributed by atoms with Gasteiger partial charge in [0, 0.05) is 23.7 Å². The van der Waals surface area contributed by atoms with Crippen LogP contribution in [0.25, 0.3) is 0 Å². The third kappa shape index (κ3) is 3.10. The maximum Gasteiger partial charge on any atom is 0.125 e. The predicted molar refractivity (Wildman–Crippen MR) is 75.9 cm³/mol. The summed E-state index contributed by atoms with van der Waals surface area (Å²) in [6.45, 7) is 2.09. The molecule has 0 spiro atoms. The maximum atomic E-state index is 13.5. The lowest BCUT2D eigenvalue weighted by Crippen LogP contribution is -2.29. The Hall–Kier alpha value is -0.640. The van der Waals surface area contributed by atoms with Crippen LogP contribution in [0, 0.1) is 11.7 Å². The monoisotopic (exact) mass is 282 g/mol. The second kappa shape index (κ2) is 5.39. The zero-order valence-corrected chi connectivity index (χ0v) is 12.0. The molecule has 1 heterocycles. The van der Waals surface area contributed by atoms with Gasteiger partial charge in [0.05, 0.1) is 0 Å². The normalized spacial score (nSPS) is 27.9. The lowest BCUT2D eigenvalue weighted by atomic mass is 9.93. The van der Waals surface area contributed by atoms with Crippen molar-refractivity contribution in [1.82, 2.24) is 10.2 Å². The van der Waals surface area contributed by atoms with Gasteiger partial charge in [-0.3, -0.25) is 4.90 Å². The van der Waals surface area contributed by atoms with Crippen LogP contribution in [0.15, 0.2) is 18.2 Å². The summed E-state index contributed by atoms with van der Waals surface area (Å²) in [5.74, 6) is 0.306. The highest BCUT2D eigenvalue weighted by Crippen LogP contribution is 2.37. The summed E-state index contributed by atoms with van der Waals surface area (Å²) in [5, 5.41) is 4.08. The Bertz CT molecular complexity index is 441. The molecule has 1 aliphatic heterocycles. The highest BCUT2D eigenvalue weighted by Gasteiger charge is 2.34.